The lowest BCUT2D eigenvalue weighted by Crippen LogP contribution is -1.94. The Morgan fingerprint density at radius 1 is 0.350 bits per heavy atom. The van der Waals surface area contributed by atoms with Crippen molar-refractivity contribution in [2.24, 2.45) is 0 Å². The third-order valence-corrected chi connectivity index (χ3v) is 12.8. The van der Waals surface area contributed by atoms with Crippen LogP contribution < -0.4 is 0 Å². The number of hydrogen-bond acceptors (Lipinski definition) is 0. The first-order valence-electron chi connectivity index (χ1n) is 21.3. The van der Waals surface area contributed by atoms with Crippen molar-refractivity contribution in [3.8, 4) is 33.6 Å². The quantitative estimate of drug-likeness (QED) is 0.153. The van der Waals surface area contributed by atoms with Crippen LogP contribution in [0.25, 0.3) is 110 Å². The van der Waals surface area contributed by atoms with Crippen LogP contribution in [0.4, 0.5) is 0 Å². The first-order valence-corrected chi connectivity index (χ1v) is 21.3. The maximum Gasteiger partial charge on any atom is 0.0547 e. The molecule has 0 bridgehead atoms. The summed E-state index contributed by atoms with van der Waals surface area (Å²) in [5.41, 5.74) is 13.5. The number of benzene rings is 10. The highest BCUT2D eigenvalue weighted by molar-refractivity contribution is 6.23. The Morgan fingerprint density at radius 2 is 0.950 bits per heavy atom. The Kier molecular flexibility index (Phi) is 7.99. The van der Waals surface area contributed by atoms with Gasteiger partial charge in [-0.1, -0.05) is 153 Å². The number of nitrogens with zero attached hydrogens (tertiary/aromatic N) is 2. The topological polar surface area (TPSA) is 9.86 Å². The minimum absolute atomic E-state index is 1.13. The van der Waals surface area contributed by atoms with Crippen LogP contribution in [0, 0.1) is 0 Å². The van der Waals surface area contributed by atoms with Gasteiger partial charge in [-0.2, -0.15) is 0 Å². The zero-order chi connectivity index (χ0) is 39.7. The molecule has 12 aromatic rings. The molecule has 0 aliphatic heterocycles. The van der Waals surface area contributed by atoms with E-state index in [0.717, 1.165) is 12.1 Å². The van der Waals surface area contributed by atoms with E-state index >= 15 is 0 Å². The van der Waals surface area contributed by atoms with E-state index in [-0.39, 0.29) is 0 Å². The first kappa shape index (κ1) is 34.6. The number of aromatic nitrogens is 2. The third kappa shape index (κ3) is 5.48. The number of aryl methyl sites for hydroxylation is 1. The van der Waals surface area contributed by atoms with E-state index in [1.54, 1.807) is 0 Å². The average molecular weight is 767 g/mol. The molecule has 2 aromatic heterocycles. The fourth-order valence-corrected chi connectivity index (χ4v) is 9.91. The third-order valence-electron chi connectivity index (χ3n) is 12.8. The van der Waals surface area contributed by atoms with E-state index in [2.05, 4.69) is 216 Å². The summed E-state index contributed by atoms with van der Waals surface area (Å²) in [6, 6.07) is 74.6. The van der Waals surface area contributed by atoms with Crippen molar-refractivity contribution in [3.63, 3.8) is 0 Å². The average Bonchev–Trinajstić information content (AvgIpc) is 3.83. The molecular weight excluding hydrogens is 725 g/mol. The number of para-hydroxylation sites is 1. The molecule has 0 aliphatic carbocycles. The smallest absolute Gasteiger partial charge is 0.0547 e. The van der Waals surface area contributed by atoms with Crippen molar-refractivity contribution in [1.29, 1.82) is 0 Å². The highest BCUT2D eigenvalue weighted by atomic mass is 15.0. The SMILES string of the molecule is CCCCc1ccc2cc(-n3c4ccccc4c4c(-c5ccc6c(c5)c5c7ccccc7ccc5n6-c5ccc6cc(-c7ccccc7)ccc6c5)cccc43)ccc2c1. The van der Waals surface area contributed by atoms with Gasteiger partial charge in [0.2, 0.25) is 0 Å². The van der Waals surface area contributed by atoms with Gasteiger partial charge >= 0.3 is 0 Å². The molecule has 10 aromatic carbocycles. The number of fused-ring (bicyclic) bond motifs is 10. The standard InChI is InChI=1S/C58H42N2/c1-2-3-12-38-21-22-44-35-47(29-25-41(44)33-38)59-53-19-10-9-17-51(53)57-50(18-11-20-55(57)59)46-28-31-54-52(37-46)58-49-16-8-7-15-40(49)27-32-56(58)60(54)48-30-26-43-34-42(23-24-45(43)36-48)39-13-5-4-6-14-39/h4-11,13-37H,2-3,12H2,1H3. The Labute approximate surface area is 349 Å². The van der Waals surface area contributed by atoms with Crippen LogP contribution in [-0.2, 0) is 6.42 Å². The second-order valence-corrected chi connectivity index (χ2v) is 16.4. The molecule has 284 valence electrons. The Morgan fingerprint density at radius 3 is 1.77 bits per heavy atom. The molecule has 0 fully saturated rings. The molecule has 0 radical (unpaired) electrons. The molecule has 60 heavy (non-hydrogen) atoms. The van der Waals surface area contributed by atoms with Gasteiger partial charge in [0, 0.05) is 32.9 Å². The molecule has 2 nitrogen and oxygen atoms in total. The number of rotatable bonds is 7. The Bertz CT molecular complexity index is 3640. The highest BCUT2D eigenvalue weighted by Crippen LogP contribution is 2.43. The van der Waals surface area contributed by atoms with E-state index in [0.29, 0.717) is 0 Å². The fraction of sp³-hybridized carbons (Fsp3) is 0.0690. The predicted octanol–water partition coefficient (Wildman–Crippen LogP) is 16.0. The molecule has 2 heterocycles. The summed E-state index contributed by atoms with van der Waals surface area (Å²) in [7, 11) is 0. The van der Waals surface area contributed by atoms with Crippen molar-refractivity contribution < 1.29 is 0 Å². The van der Waals surface area contributed by atoms with Crippen molar-refractivity contribution in [2.75, 3.05) is 0 Å². The summed E-state index contributed by atoms with van der Waals surface area (Å²) < 4.78 is 4.92. The van der Waals surface area contributed by atoms with Crippen molar-refractivity contribution in [2.45, 2.75) is 26.2 Å². The zero-order valence-electron chi connectivity index (χ0n) is 33.6. The van der Waals surface area contributed by atoms with Gasteiger partial charge in [-0.15, -0.1) is 0 Å². The van der Waals surface area contributed by atoms with Crippen LogP contribution in [-0.4, -0.2) is 9.13 Å². The maximum atomic E-state index is 2.46. The Hall–Kier alpha value is -7.42. The van der Waals surface area contributed by atoms with Gasteiger partial charge in [0.15, 0.2) is 0 Å². The summed E-state index contributed by atoms with van der Waals surface area (Å²) in [6.07, 6.45) is 3.56. The van der Waals surface area contributed by atoms with Gasteiger partial charge in [0.25, 0.3) is 0 Å². The molecule has 12 rings (SSSR count). The summed E-state index contributed by atoms with van der Waals surface area (Å²) in [5.74, 6) is 0. The first-order chi connectivity index (χ1) is 29.7. The van der Waals surface area contributed by atoms with Gasteiger partial charge in [0.1, 0.15) is 0 Å². The van der Waals surface area contributed by atoms with Crippen molar-refractivity contribution in [3.05, 3.63) is 206 Å². The lowest BCUT2D eigenvalue weighted by Gasteiger charge is -2.12. The van der Waals surface area contributed by atoms with Crippen LogP contribution in [0.15, 0.2) is 200 Å². The second kappa shape index (κ2) is 13.9. The monoisotopic (exact) mass is 766 g/mol. The predicted molar refractivity (Wildman–Crippen MR) is 257 cm³/mol. The number of unbranched alkanes of at least 4 members (excludes halogenated alkanes) is 1. The largest absolute Gasteiger partial charge is 0.309 e. The lowest BCUT2D eigenvalue weighted by molar-refractivity contribution is 0.796. The van der Waals surface area contributed by atoms with Crippen LogP contribution in [0.2, 0.25) is 0 Å². The molecule has 0 unspecified atom stereocenters. The number of hydrogen-bond donors (Lipinski definition) is 0. The zero-order valence-corrected chi connectivity index (χ0v) is 33.6. The summed E-state index contributed by atoms with van der Waals surface area (Å²) >= 11 is 0. The summed E-state index contributed by atoms with van der Waals surface area (Å²) in [5, 5.41) is 12.6. The van der Waals surface area contributed by atoms with Crippen molar-refractivity contribution in [1.82, 2.24) is 9.13 Å². The lowest BCUT2D eigenvalue weighted by atomic mass is 9.97. The molecule has 0 N–H and O–H groups in total. The summed E-state index contributed by atoms with van der Waals surface area (Å²) in [6.45, 7) is 2.26. The maximum absolute atomic E-state index is 2.46. The van der Waals surface area contributed by atoms with E-state index in [1.165, 1.54) is 122 Å². The van der Waals surface area contributed by atoms with Crippen molar-refractivity contribution >= 4 is 75.9 Å². The van der Waals surface area contributed by atoms with E-state index in [1.807, 2.05) is 0 Å². The fourth-order valence-electron chi connectivity index (χ4n) is 9.91. The molecular formula is C58H42N2. The van der Waals surface area contributed by atoms with Crippen LogP contribution in [0.1, 0.15) is 25.3 Å². The normalized spacial score (nSPS) is 11.9. The van der Waals surface area contributed by atoms with Crippen LogP contribution in [0.3, 0.4) is 0 Å². The second-order valence-electron chi connectivity index (χ2n) is 16.4. The van der Waals surface area contributed by atoms with Gasteiger partial charge in [0.05, 0.1) is 22.1 Å². The van der Waals surface area contributed by atoms with E-state index < -0.39 is 0 Å². The minimum atomic E-state index is 1.13. The van der Waals surface area contributed by atoms with Gasteiger partial charge in [-0.05, 0) is 134 Å². The molecule has 0 aliphatic rings. The molecule has 0 atom stereocenters. The molecule has 0 amide bonds. The Balaban J connectivity index is 1.05. The van der Waals surface area contributed by atoms with Crippen LogP contribution in [0.5, 0.6) is 0 Å². The summed E-state index contributed by atoms with van der Waals surface area (Å²) in [4.78, 5) is 0. The van der Waals surface area contributed by atoms with Gasteiger partial charge < -0.3 is 9.13 Å². The van der Waals surface area contributed by atoms with Gasteiger partial charge in [-0.3, -0.25) is 0 Å². The van der Waals surface area contributed by atoms with Crippen LogP contribution >= 0.6 is 0 Å². The van der Waals surface area contributed by atoms with E-state index in [4.69, 9.17) is 0 Å². The molecule has 0 saturated heterocycles. The van der Waals surface area contributed by atoms with E-state index in [9.17, 15) is 0 Å². The highest BCUT2D eigenvalue weighted by Gasteiger charge is 2.20. The molecule has 0 saturated carbocycles. The molecule has 2 heteroatoms. The minimum Gasteiger partial charge on any atom is -0.309 e. The van der Waals surface area contributed by atoms with Gasteiger partial charge in [-0.25, -0.2) is 0 Å². The molecule has 0 spiro atoms.